The lowest BCUT2D eigenvalue weighted by Gasteiger charge is -2.26. The van der Waals surface area contributed by atoms with Crippen LogP contribution < -0.4 is 15.4 Å². The highest BCUT2D eigenvalue weighted by atomic mass is 35.5. The Morgan fingerprint density at radius 2 is 1.96 bits per heavy atom. The SMILES string of the molecule is CC1CCC(NS(=O)(=O)CC(=O)Nc2ccc3c(c2F)CCNC3)CC1.Cl. The van der Waals surface area contributed by atoms with E-state index in [-0.39, 0.29) is 24.1 Å². The van der Waals surface area contributed by atoms with Crippen molar-refractivity contribution < 1.29 is 17.6 Å². The third kappa shape index (κ3) is 5.88. The molecule has 1 aromatic carbocycles. The summed E-state index contributed by atoms with van der Waals surface area (Å²) in [6, 6.07) is 3.13. The van der Waals surface area contributed by atoms with Crippen molar-refractivity contribution in [2.24, 2.45) is 5.92 Å². The zero-order chi connectivity index (χ0) is 18.7. The van der Waals surface area contributed by atoms with Crippen LogP contribution in [0.25, 0.3) is 0 Å². The van der Waals surface area contributed by atoms with Crippen LogP contribution in [0.15, 0.2) is 12.1 Å². The highest BCUT2D eigenvalue weighted by Crippen LogP contribution is 2.25. The third-order valence-corrected chi connectivity index (χ3v) is 6.50. The van der Waals surface area contributed by atoms with Crippen LogP contribution in [0, 0.1) is 11.7 Å². The second-order valence-electron chi connectivity index (χ2n) is 7.37. The maximum atomic E-state index is 14.5. The molecular formula is C18H27ClFN3O3S. The number of benzene rings is 1. The van der Waals surface area contributed by atoms with Gasteiger partial charge in [0.05, 0.1) is 5.69 Å². The molecule has 2 aliphatic rings. The van der Waals surface area contributed by atoms with Gasteiger partial charge >= 0.3 is 0 Å². The summed E-state index contributed by atoms with van der Waals surface area (Å²) in [7, 11) is -3.74. The lowest BCUT2D eigenvalue weighted by molar-refractivity contribution is -0.113. The average Bonchev–Trinajstić information content (AvgIpc) is 2.59. The molecule has 1 saturated carbocycles. The first-order valence-corrected chi connectivity index (χ1v) is 10.8. The molecule has 3 N–H and O–H groups in total. The molecule has 152 valence electrons. The van der Waals surface area contributed by atoms with Crippen molar-refractivity contribution in [1.29, 1.82) is 0 Å². The monoisotopic (exact) mass is 419 g/mol. The van der Waals surface area contributed by atoms with Gasteiger partial charge in [-0.05, 0) is 61.8 Å². The van der Waals surface area contributed by atoms with Crippen molar-refractivity contribution in [1.82, 2.24) is 10.0 Å². The molecular weight excluding hydrogens is 393 g/mol. The number of hydrogen-bond acceptors (Lipinski definition) is 4. The van der Waals surface area contributed by atoms with Crippen LogP contribution in [-0.2, 0) is 27.8 Å². The van der Waals surface area contributed by atoms with Crippen LogP contribution in [0.4, 0.5) is 10.1 Å². The van der Waals surface area contributed by atoms with Crippen LogP contribution in [0.1, 0.15) is 43.7 Å². The molecule has 0 saturated heterocycles. The molecule has 1 aliphatic heterocycles. The fourth-order valence-corrected chi connectivity index (χ4v) is 4.91. The van der Waals surface area contributed by atoms with Crippen molar-refractivity contribution in [3.05, 3.63) is 29.1 Å². The molecule has 0 aromatic heterocycles. The summed E-state index contributed by atoms with van der Waals surface area (Å²) in [6.07, 6.45) is 4.08. The number of hydrogen-bond donors (Lipinski definition) is 3. The van der Waals surface area contributed by atoms with E-state index in [9.17, 15) is 17.6 Å². The van der Waals surface area contributed by atoms with E-state index in [2.05, 4.69) is 22.3 Å². The zero-order valence-electron chi connectivity index (χ0n) is 15.4. The molecule has 1 aliphatic carbocycles. The summed E-state index contributed by atoms with van der Waals surface area (Å²) in [5, 5.41) is 5.57. The first-order valence-electron chi connectivity index (χ1n) is 9.15. The van der Waals surface area contributed by atoms with E-state index >= 15 is 0 Å². The first-order chi connectivity index (χ1) is 12.3. The summed E-state index contributed by atoms with van der Waals surface area (Å²) >= 11 is 0. The molecule has 1 amide bonds. The molecule has 3 rings (SSSR count). The van der Waals surface area contributed by atoms with Crippen molar-refractivity contribution >= 4 is 34.0 Å². The Kier molecular flexibility index (Phi) is 7.62. The number of carbonyl (C=O) groups is 1. The number of halogens is 2. The Morgan fingerprint density at radius 1 is 1.26 bits per heavy atom. The van der Waals surface area contributed by atoms with E-state index in [1.165, 1.54) is 6.07 Å². The van der Waals surface area contributed by atoms with E-state index in [1.807, 2.05) is 0 Å². The van der Waals surface area contributed by atoms with Gasteiger partial charge in [-0.3, -0.25) is 4.79 Å². The number of amides is 1. The van der Waals surface area contributed by atoms with E-state index in [1.54, 1.807) is 6.07 Å². The van der Waals surface area contributed by atoms with E-state index in [0.717, 1.165) is 31.2 Å². The summed E-state index contributed by atoms with van der Waals surface area (Å²) in [5.41, 5.74) is 1.49. The molecule has 0 atom stereocenters. The molecule has 1 heterocycles. The van der Waals surface area contributed by atoms with Gasteiger partial charge in [0.25, 0.3) is 0 Å². The van der Waals surface area contributed by atoms with Crippen molar-refractivity contribution in [2.75, 3.05) is 17.6 Å². The molecule has 1 aromatic rings. The number of nitrogens with one attached hydrogen (secondary N) is 3. The minimum atomic E-state index is -3.74. The summed E-state index contributed by atoms with van der Waals surface area (Å²) in [6.45, 7) is 3.43. The maximum absolute atomic E-state index is 14.5. The topological polar surface area (TPSA) is 87.3 Å². The Labute approximate surface area is 166 Å². The largest absolute Gasteiger partial charge is 0.323 e. The zero-order valence-corrected chi connectivity index (χ0v) is 17.0. The Bertz CT molecular complexity index is 780. The predicted octanol–water partition coefficient (Wildman–Crippen LogP) is 2.33. The predicted molar refractivity (Wildman–Crippen MR) is 106 cm³/mol. The number of carbonyl (C=O) groups excluding carboxylic acids is 1. The number of anilines is 1. The highest BCUT2D eigenvalue weighted by Gasteiger charge is 2.25. The van der Waals surface area contributed by atoms with Crippen molar-refractivity contribution in [3.63, 3.8) is 0 Å². The van der Waals surface area contributed by atoms with Gasteiger partial charge in [-0.15, -0.1) is 12.4 Å². The Balaban J connectivity index is 0.00000261. The van der Waals surface area contributed by atoms with Crippen LogP contribution >= 0.6 is 12.4 Å². The van der Waals surface area contributed by atoms with E-state index in [4.69, 9.17) is 0 Å². The van der Waals surface area contributed by atoms with Crippen LogP contribution in [0.3, 0.4) is 0 Å². The lowest BCUT2D eigenvalue weighted by atomic mass is 9.88. The molecule has 9 heteroatoms. The molecule has 27 heavy (non-hydrogen) atoms. The standard InChI is InChI=1S/C18H26FN3O3S.ClH/c1-12-2-5-14(6-3-12)22-26(24,25)11-17(23)21-16-7-4-13-10-20-9-8-15(13)18(16)19;/h4,7,12,14,20,22H,2-3,5-6,8-11H2,1H3,(H,21,23);1H. The maximum Gasteiger partial charge on any atom is 0.241 e. The van der Waals surface area contributed by atoms with Crippen LogP contribution in [0.2, 0.25) is 0 Å². The fraction of sp³-hybridized carbons (Fsp3) is 0.611. The molecule has 0 spiro atoms. The highest BCUT2D eigenvalue weighted by molar-refractivity contribution is 7.90. The van der Waals surface area contributed by atoms with Gasteiger partial charge in [-0.2, -0.15) is 0 Å². The normalized spacial score (nSPS) is 22.4. The Morgan fingerprint density at radius 3 is 2.67 bits per heavy atom. The van der Waals surface area contributed by atoms with Crippen molar-refractivity contribution in [3.8, 4) is 0 Å². The van der Waals surface area contributed by atoms with E-state index < -0.39 is 27.5 Å². The van der Waals surface area contributed by atoms with Crippen LogP contribution in [0.5, 0.6) is 0 Å². The van der Waals surface area contributed by atoms with Gasteiger partial charge in [0, 0.05) is 12.6 Å². The van der Waals surface area contributed by atoms with Gasteiger partial charge in [0.1, 0.15) is 11.6 Å². The molecule has 6 nitrogen and oxygen atoms in total. The molecule has 0 bridgehead atoms. The third-order valence-electron chi connectivity index (χ3n) is 5.16. The van der Waals surface area contributed by atoms with Crippen LogP contribution in [-0.4, -0.2) is 32.7 Å². The van der Waals surface area contributed by atoms with E-state index in [0.29, 0.717) is 31.0 Å². The minimum Gasteiger partial charge on any atom is -0.323 e. The number of rotatable bonds is 5. The molecule has 0 radical (unpaired) electrons. The molecule has 0 unspecified atom stereocenters. The lowest BCUT2D eigenvalue weighted by Crippen LogP contribution is -2.41. The number of sulfonamides is 1. The quantitative estimate of drug-likeness (QED) is 0.683. The summed E-state index contributed by atoms with van der Waals surface area (Å²) in [4.78, 5) is 12.1. The van der Waals surface area contributed by atoms with Crippen molar-refractivity contribution in [2.45, 2.75) is 51.6 Å². The summed E-state index contributed by atoms with van der Waals surface area (Å²) < 4.78 is 41.6. The van der Waals surface area contributed by atoms with Gasteiger partial charge in [-0.25, -0.2) is 17.5 Å². The van der Waals surface area contributed by atoms with Gasteiger partial charge in [0.2, 0.25) is 15.9 Å². The summed E-state index contributed by atoms with van der Waals surface area (Å²) in [5.74, 6) is -1.28. The van der Waals surface area contributed by atoms with Gasteiger partial charge in [0.15, 0.2) is 0 Å². The second-order valence-corrected chi connectivity index (χ2v) is 9.13. The number of fused-ring (bicyclic) bond motifs is 1. The minimum absolute atomic E-state index is 0. The fourth-order valence-electron chi connectivity index (χ4n) is 3.66. The van der Waals surface area contributed by atoms with Gasteiger partial charge in [-0.1, -0.05) is 13.0 Å². The first kappa shape index (κ1) is 22.1. The smallest absolute Gasteiger partial charge is 0.241 e. The Hall–Kier alpha value is -1.22. The average molecular weight is 420 g/mol. The van der Waals surface area contributed by atoms with Gasteiger partial charge < -0.3 is 10.6 Å². The molecule has 1 fully saturated rings. The second kappa shape index (κ2) is 9.32.